The summed E-state index contributed by atoms with van der Waals surface area (Å²) >= 11 is 0. The Balaban J connectivity index is 2.41. The van der Waals surface area contributed by atoms with Gasteiger partial charge in [0.2, 0.25) is 0 Å². The van der Waals surface area contributed by atoms with Crippen molar-refractivity contribution in [2.24, 2.45) is 0 Å². The lowest BCUT2D eigenvalue weighted by atomic mass is 10.1. The Morgan fingerprint density at radius 3 is 2.67 bits per heavy atom. The minimum Gasteiger partial charge on any atom is -0.478 e. The summed E-state index contributed by atoms with van der Waals surface area (Å²) in [5, 5.41) is 9.38. The standard InChI is InChI=1S/C16H13FN2O2/c1-9-8-11(17)6-7-14(9)19-10(2)18-13-5-3-4-12(15(13)19)16(20)21/h3-8H,1-2H3,(H,20,21). The number of carboxylic acids is 1. The zero-order chi connectivity index (χ0) is 15.1. The molecule has 0 spiro atoms. The summed E-state index contributed by atoms with van der Waals surface area (Å²) in [7, 11) is 0. The highest BCUT2D eigenvalue weighted by Gasteiger charge is 2.17. The maximum Gasteiger partial charge on any atom is 0.337 e. The van der Waals surface area contributed by atoms with Crippen molar-refractivity contribution in [3.63, 3.8) is 0 Å². The van der Waals surface area contributed by atoms with Crippen LogP contribution in [-0.4, -0.2) is 20.6 Å². The van der Waals surface area contributed by atoms with E-state index in [1.807, 2.05) is 0 Å². The number of para-hydroxylation sites is 1. The van der Waals surface area contributed by atoms with Crippen LogP contribution in [0.2, 0.25) is 0 Å². The number of imidazole rings is 1. The SMILES string of the molecule is Cc1cc(F)ccc1-n1c(C)nc2cccc(C(=O)O)c21. The third-order valence-corrected chi connectivity index (χ3v) is 3.47. The Labute approximate surface area is 120 Å². The molecule has 5 heteroatoms. The molecule has 3 rings (SSSR count). The fraction of sp³-hybridized carbons (Fsp3) is 0.125. The van der Waals surface area contributed by atoms with Crippen LogP contribution in [0.15, 0.2) is 36.4 Å². The molecule has 0 bridgehead atoms. The zero-order valence-corrected chi connectivity index (χ0v) is 11.6. The van der Waals surface area contributed by atoms with Crippen molar-refractivity contribution >= 4 is 17.0 Å². The van der Waals surface area contributed by atoms with E-state index in [-0.39, 0.29) is 11.4 Å². The Hall–Kier alpha value is -2.69. The van der Waals surface area contributed by atoms with Crippen molar-refractivity contribution in [1.82, 2.24) is 9.55 Å². The molecule has 1 heterocycles. The summed E-state index contributed by atoms with van der Waals surface area (Å²) in [6, 6.07) is 9.39. The molecule has 0 unspecified atom stereocenters. The number of hydrogen-bond donors (Lipinski definition) is 1. The van der Waals surface area contributed by atoms with Gasteiger partial charge in [-0.1, -0.05) is 6.07 Å². The van der Waals surface area contributed by atoms with Crippen molar-refractivity contribution in [2.45, 2.75) is 13.8 Å². The number of nitrogens with zero attached hydrogens (tertiary/aromatic N) is 2. The molecule has 106 valence electrons. The predicted octanol–water partition coefficient (Wildman–Crippen LogP) is 3.48. The van der Waals surface area contributed by atoms with Crippen LogP contribution >= 0.6 is 0 Å². The quantitative estimate of drug-likeness (QED) is 0.783. The first-order valence-corrected chi connectivity index (χ1v) is 6.47. The molecule has 0 saturated carbocycles. The van der Waals surface area contributed by atoms with Crippen molar-refractivity contribution in [1.29, 1.82) is 0 Å². The number of fused-ring (bicyclic) bond motifs is 1. The zero-order valence-electron chi connectivity index (χ0n) is 11.6. The molecule has 0 aliphatic rings. The monoisotopic (exact) mass is 284 g/mol. The van der Waals surface area contributed by atoms with Gasteiger partial charge in [-0.3, -0.25) is 4.57 Å². The van der Waals surface area contributed by atoms with Crippen LogP contribution in [0, 0.1) is 19.7 Å². The van der Waals surface area contributed by atoms with Gasteiger partial charge in [-0.2, -0.15) is 0 Å². The van der Waals surface area contributed by atoms with E-state index in [2.05, 4.69) is 4.98 Å². The van der Waals surface area contributed by atoms with Crippen LogP contribution in [-0.2, 0) is 0 Å². The maximum atomic E-state index is 13.3. The fourth-order valence-electron chi connectivity index (χ4n) is 2.58. The summed E-state index contributed by atoms with van der Waals surface area (Å²) in [6.07, 6.45) is 0. The van der Waals surface area contributed by atoms with E-state index in [0.717, 1.165) is 11.3 Å². The molecule has 1 aromatic heterocycles. The molecule has 0 amide bonds. The normalized spacial score (nSPS) is 11.0. The van der Waals surface area contributed by atoms with Gasteiger partial charge in [0.15, 0.2) is 0 Å². The van der Waals surface area contributed by atoms with Crippen molar-refractivity contribution in [3.8, 4) is 5.69 Å². The smallest absolute Gasteiger partial charge is 0.337 e. The number of halogens is 1. The average Bonchev–Trinajstić information content (AvgIpc) is 2.74. The van der Waals surface area contributed by atoms with Gasteiger partial charge in [0.05, 0.1) is 22.3 Å². The maximum absolute atomic E-state index is 13.3. The molecule has 1 N–H and O–H groups in total. The topological polar surface area (TPSA) is 55.1 Å². The second-order valence-corrected chi connectivity index (χ2v) is 4.90. The number of carbonyl (C=O) groups is 1. The molecule has 4 nitrogen and oxygen atoms in total. The van der Waals surface area contributed by atoms with Crippen molar-refractivity contribution in [3.05, 3.63) is 59.2 Å². The molecule has 0 aliphatic heterocycles. The first-order chi connectivity index (χ1) is 9.99. The van der Waals surface area contributed by atoms with E-state index in [4.69, 9.17) is 0 Å². The van der Waals surface area contributed by atoms with Gasteiger partial charge in [-0.25, -0.2) is 14.2 Å². The first kappa shape index (κ1) is 13.3. The van der Waals surface area contributed by atoms with Crippen LogP contribution < -0.4 is 0 Å². The van der Waals surface area contributed by atoms with Crippen LogP contribution in [0.5, 0.6) is 0 Å². The third kappa shape index (κ3) is 2.07. The molecule has 21 heavy (non-hydrogen) atoms. The van der Waals surface area contributed by atoms with E-state index in [9.17, 15) is 14.3 Å². The van der Waals surface area contributed by atoms with E-state index in [1.165, 1.54) is 12.1 Å². The molecule has 0 fully saturated rings. The summed E-state index contributed by atoms with van der Waals surface area (Å²) in [5.41, 5.74) is 2.76. The van der Waals surface area contributed by atoms with Crippen LogP contribution in [0.3, 0.4) is 0 Å². The van der Waals surface area contributed by atoms with Crippen LogP contribution in [0.4, 0.5) is 4.39 Å². The largest absolute Gasteiger partial charge is 0.478 e. The average molecular weight is 284 g/mol. The number of rotatable bonds is 2. The first-order valence-electron chi connectivity index (χ1n) is 6.47. The molecule has 3 aromatic rings. The van der Waals surface area contributed by atoms with Gasteiger partial charge in [0, 0.05) is 0 Å². The lowest BCUT2D eigenvalue weighted by molar-refractivity contribution is 0.0698. The molecule has 2 aromatic carbocycles. The van der Waals surface area contributed by atoms with Gasteiger partial charge in [0.25, 0.3) is 0 Å². The Kier molecular flexibility index (Phi) is 2.97. The number of benzene rings is 2. The second-order valence-electron chi connectivity index (χ2n) is 4.90. The number of carboxylic acid groups (broad SMARTS) is 1. The molecule has 0 radical (unpaired) electrons. The van der Waals surface area contributed by atoms with Crippen molar-refractivity contribution in [2.75, 3.05) is 0 Å². The van der Waals surface area contributed by atoms with E-state index in [1.54, 1.807) is 42.7 Å². The highest BCUT2D eigenvalue weighted by atomic mass is 19.1. The summed E-state index contributed by atoms with van der Waals surface area (Å²) in [6.45, 7) is 3.58. The molecule has 0 aliphatic carbocycles. The number of aryl methyl sites for hydroxylation is 2. The molecule has 0 saturated heterocycles. The number of aromatic nitrogens is 2. The highest BCUT2D eigenvalue weighted by molar-refractivity contribution is 6.02. The van der Waals surface area contributed by atoms with Crippen LogP contribution in [0.25, 0.3) is 16.7 Å². The molecular weight excluding hydrogens is 271 g/mol. The lowest BCUT2D eigenvalue weighted by Crippen LogP contribution is -2.05. The third-order valence-electron chi connectivity index (χ3n) is 3.47. The highest BCUT2D eigenvalue weighted by Crippen LogP contribution is 2.26. The van der Waals surface area contributed by atoms with E-state index in [0.29, 0.717) is 16.9 Å². The van der Waals surface area contributed by atoms with Crippen molar-refractivity contribution < 1.29 is 14.3 Å². The predicted molar refractivity (Wildman–Crippen MR) is 77.5 cm³/mol. The minimum absolute atomic E-state index is 0.178. The van der Waals surface area contributed by atoms with Gasteiger partial charge >= 0.3 is 5.97 Å². The van der Waals surface area contributed by atoms with E-state index < -0.39 is 5.97 Å². The number of hydrogen-bond acceptors (Lipinski definition) is 2. The Morgan fingerprint density at radius 1 is 1.24 bits per heavy atom. The summed E-state index contributed by atoms with van der Waals surface area (Å²) in [4.78, 5) is 15.8. The fourth-order valence-corrected chi connectivity index (χ4v) is 2.58. The molecular formula is C16H13FN2O2. The summed E-state index contributed by atoms with van der Waals surface area (Å²) in [5.74, 6) is -0.674. The molecule has 0 atom stereocenters. The van der Waals surface area contributed by atoms with Gasteiger partial charge in [-0.15, -0.1) is 0 Å². The number of aromatic carboxylic acids is 1. The minimum atomic E-state index is -1.01. The van der Waals surface area contributed by atoms with Gasteiger partial charge in [-0.05, 0) is 49.7 Å². The Bertz CT molecular complexity index is 868. The van der Waals surface area contributed by atoms with E-state index >= 15 is 0 Å². The van der Waals surface area contributed by atoms with Gasteiger partial charge < -0.3 is 5.11 Å². The second kappa shape index (κ2) is 4.70. The summed E-state index contributed by atoms with van der Waals surface area (Å²) < 4.78 is 15.0. The van der Waals surface area contributed by atoms with Crippen LogP contribution in [0.1, 0.15) is 21.7 Å². The Morgan fingerprint density at radius 2 is 2.00 bits per heavy atom. The lowest BCUT2D eigenvalue weighted by Gasteiger charge is -2.11. The van der Waals surface area contributed by atoms with Gasteiger partial charge in [0.1, 0.15) is 11.6 Å².